The Morgan fingerprint density at radius 3 is 2.43 bits per heavy atom. The van der Waals surface area contributed by atoms with E-state index in [-0.39, 0.29) is 12.4 Å². The molecule has 44 heavy (non-hydrogen) atoms. The Morgan fingerprint density at radius 1 is 0.864 bits per heavy atom. The van der Waals surface area contributed by atoms with E-state index >= 15 is 0 Å². The van der Waals surface area contributed by atoms with Crippen molar-refractivity contribution in [3.8, 4) is 0 Å². The second kappa shape index (κ2) is 14.0. The van der Waals surface area contributed by atoms with Crippen LogP contribution in [0.5, 0.6) is 0 Å². The fourth-order valence-corrected chi connectivity index (χ4v) is 3.25. The number of hydrazone groups is 1. The number of rotatable bonds is 0. The fourth-order valence-electron chi connectivity index (χ4n) is 3.25. The maximum Gasteiger partial charge on any atom is 0.236 e. The van der Waals surface area contributed by atoms with Crippen LogP contribution >= 0.6 is 0 Å². The molecule has 224 valence electrons. The number of allylic oxidation sites excluding steroid dienone is 4. The molecule has 20 heteroatoms. The van der Waals surface area contributed by atoms with Crippen LogP contribution in [0.3, 0.4) is 0 Å². The number of amidine groups is 2. The van der Waals surface area contributed by atoms with Crippen LogP contribution in [0, 0.1) is 0 Å². The van der Waals surface area contributed by atoms with Gasteiger partial charge in [-0.3, -0.25) is 10.4 Å². The summed E-state index contributed by atoms with van der Waals surface area (Å²) in [6.07, 6.45) is 20.5. The highest BCUT2D eigenvalue weighted by molar-refractivity contribution is 6.22. The number of hydrogen-bond acceptors (Lipinski definition) is 20. The molecular formula is C24H26N18O2. The smallest absolute Gasteiger partial charge is 0.236 e. The third-order valence-corrected chi connectivity index (χ3v) is 5.10. The lowest BCUT2D eigenvalue weighted by molar-refractivity contribution is 0.00816. The number of nitrogens with one attached hydrogen (secondary N) is 2. The van der Waals surface area contributed by atoms with Gasteiger partial charge in [-0.05, 0) is 55.2 Å². The average Bonchev–Trinajstić information content (AvgIpc) is 3.05. The Morgan fingerprint density at radius 2 is 1.59 bits per heavy atom. The highest BCUT2D eigenvalue weighted by Crippen LogP contribution is 2.13. The molecular weight excluding hydrogens is 572 g/mol. The molecule has 0 spiro atoms. The zero-order valence-corrected chi connectivity index (χ0v) is 23.5. The average molecular weight is 599 g/mol. The van der Waals surface area contributed by atoms with Gasteiger partial charge in [0.05, 0.1) is 12.4 Å². The Bertz CT molecular complexity index is 1680. The third kappa shape index (κ3) is 7.85. The molecule has 8 heterocycles. The molecule has 0 saturated heterocycles. The van der Waals surface area contributed by atoms with Crippen LogP contribution in [0.1, 0.15) is 13.8 Å². The SMILES string of the molecule is C=C1N=C2N=CC=NC2NO1.C=C1N=NN2C=CC=CN2N1.CC1=NN2C=CC=CN2N=N1.CC1N=c2nccnc2=NO1. The molecule has 0 bridgehead atoms. The van der Waals surface area contributed by atoms with E-state index in [4.69, 9.17) is 9.68 Å². The monoisotopic (exact) mass is 598 g/mol. The molecule has 0 fully saturated rings. The predicted octanol–water partition coefficient (Wildman–Crippen LogP) is 1.04. The molecule has 0 saturated carbocycles. The van der Waals surface area contributed by atoms with Crippen LogP contribution in [-0.2, 0) is 9.68 Å². The van der Waals surface area contributed by atoms with Gasteiger partial charge in [-0.25, -0.2) is 20.0 Å². The number of hydroxylamine groups is 1. The van der Waals surface area contributed by atoms with E-state index in [9.17, 15) is 0 Å². The maximum atomic E-state index is 4.86. The highest BCUT2D eigenvalue weighted by atomic mass is 16.7. The molecule has 8 rings (SSSR count). The molecule has 2 unspecified atom stereocenters. The van der Waals surface area contributed by atoms with E-state index in [0.717, 1.165) is 0 Å². The summed E-state index contributed by atoms with van der Waals surface area (Å²) in [5.74, 6) is 2.08. The zero-order valence-electron chi connectivity index (χ0n) is 23.5. The Hall–Kier alpha value is -6.44. The van der Waals surface area contributed by atoms with Crippen molar-refractivity contribution in [2.24, 2.45) is 50.9 Å². The van der Waals surface area contributed by atoms with Crippen molar-refractivity contribution >= 4 is 24.1 Å². The normalized spacial score (nSPS) is 22.1. The topological polar surface area (TPSA) is 205 Å². The van der Waals surface area contributed by atoms with Crippen LogP contribution in [0.4, 0.5) is 0 Å². The molecule has 0 amide bonds. The van der Waals surface area contributed by atoms with E-state index in [1.807, 2.05) is 36.7 Å². The first kappa shape index (κ1) is 29.1. The number of hydrazine groups is 3. The lowest BCUT2D eigenvalue weighted by Crippen LogP contribution is -2.44. The Balaban J connectivity index is 0.000000116. The van der Waals surface area contributed by atoms with Crippen molar-refractivity contribution in [1.82, 2.24) is 41.3 Å². The van der Waals surface area contributed by atoms with E-state index in [1.165, 1.54) is 0 Å². The molecule has 0 aromatic carbocycles. The van der Waals surface area contributed by atoms with Crippen molar-refractivity contribution in [1.29, 1.82) is 0 Å². The van der Waals surface area contributed by atoms with Gasteiger partial charge < -0.3 is 9.68 Å². The first-order valence-corrected chi connectivity index (χ1v) is 12.8. The molecule has 20 nitrogen and oxygen atoms in total. The summed E-state index contributed by atoms with van der Waals surface area (Å²) < 4.78 is 0. The van der Waals surface area contributed by atoms with Gasteiger partial charge in [0.25, 0.3) is 0 Å². The van der Waals surface area contributed by atoms with Gasteiger partial charge in [0.15, 0.2) is 29.1 Å². The van der Waals surface area contributed by atoms with E-state index in [0.29, 0.717) is 34.4 Å². The van der Waals surface area contributed by atoms with E-state index in [2.05, 4.69) is 84.9 Å². The van der Waals surface area contributed by atoms with Gasteiger partial charge in [-0.15, -0.1) is 31.0 Å². The number of nitrogens with zero attached hydrogens (tertiary/aromatic N) is 16. The summed E-state index contributed by atoms with van der Waals surface area (Å²) in [6.45, 7) is 10.7. The first-order valence-electron chi connectivity index (χ1n) is 12.8. The number of fused-ring (bicyclic) bond motifs is 4. The molecule has 0 radical (unpaired) electrons. The minimum atomic E-state index is -0.273. The summed E-state index contributed by atoms with van der Waals surface area (Å²) >= 11 is 0. The standard InChI is InChI=1S/2C6H7N5.2C6H6N4O/c2*1-6-7-9-11-5-3-2-4-10(11)8-6;2*1-4-9-5-6(10-11-4)8-3-2-7-5/h2-5H,1H3;2-5,8H,1H2;2-4H,1H3;2-3,6,10H,1H2. The molecule has 0 aliphatic carbocycles. The van der Waals surface area contributed by atoms with Crippen molar-refractivity contribution in [3.05, 3.63) is 97.3 Å². The summed E-state index contributed by atoms with van der Waals surface area (Å²) in [7, 11) is 0. The minimum Gasteiger partial charge on any atom is -0.386 e. The fraction of sp³-hybridized carbons (Fsp3) is 0.167. The third-order valence-electron chi connectivity index (χ3n) is 5.10. The van der Waals surface area contributed by atoms with Gasteiger partial charge in [0.2, 0.25) is 17.6 Å². The lowest BCUT2D eigenvalue weighted by Gasteiger charge is -2.32. The van der Waals surface area contributed by atoms with Crippen LogP contribution in [0.2, 0.25) is 0 Å². The molecule has 2 N–H and O–H groups in total. The van der Waals surface area contributed by atoms with Gasteiger partial charge >= 0.3 is 0 Å². The van der Waals surface area contributed by atoms with Crippen molar-refractivity contribution in [3.63, 3.8) is 0 Å². The van der Waals surface area contributed by atoms with Gasteiger partial charge in [-0.2, -0.15) is 15.2 Å². The first-order chi connectivity index (χ1) is 21.4. The van der Waals surface area contributed by atoms with Gasteiger partial charge in [0, 0.05) is 37.2 Å². The lowest BCUT2D eigenvalue weighted by atomic mass is 10.4. The zero-order chi connectivity index (χ0) is 30.7. The van der Waals surface area contributed by atoms with Crippen LogP contribution in [-0.4, -0.2) is 66.9 Å². The molecule has 1 aromatic rings. The van der Waals surface area contributed by atoms with Crippen molar-refractivity contribution < 1.29 is 9.68 Å². The Kier molecular flexibility index (Phi) is 9.22. The molecule has 2 atom stereocenters. The summed E-state index contributed by atoms with van der Waals surface area (Å²) in [5, 5.41) is 29.4. The quantitative estimate of drug-likeness (QED) is 0.434. The molecule has 7 aliphatic rings. The van der Waals surface area contributed by atoms with Crippen LogP contribution in [0.15, 0.2) is 137 Å². The van der Waals surface area contributed by atoms with E-state index in [1.54, 1.807) is 71.5 Å². The predicted molar refractivity (Wildman–Crippen MR) is 155 cm³/mol. The minimum absolute atomic E-state index is 0.251. The largest absolute Gasteiger partial charge is 0.386 e. The second-order valence-electron chi connectivity index (χ2n) is 8.45. The summed E-state index contributed by atoms with van der Waals surface area (Å²) in [5.41, 5.74) is 6.51. The van der Waals surface area contributed by atoms with E-state index < -0.39 is 0 Å². The summed E-state index contributed by atoms with van der Waals surface area (Å²) in [6, 6.07) is 0. The number of aliphatic imine (C=N–C) groups is 3. The summed E-state index contributed by atoms with van der Waals surface area (Å²) in [4.78, 5) is 33.5. The van der Waals surface area contributed by atoms with Gasteiger partial charge in [-0.1, -0.05) is 11.7 Å². The van der Waals surface area contributed by atoms with Crippen LogP contribution in [0.25, 0.3) is 0 Å². The second-order valence-corrected chi connectivity index (χ2v) is 8.45. The number of hydrogen-bond donors (Lipinski definition) is 2. The molecule has 7 aliphatic heterocycles. The van der Waals surface area contributed by atoms with Gasteiger partial charge in [0.1, 0.15) is 0 Å². The van der Waals surface area contributed by atoms with Crippen molar-refractivity contribution in [2.75, 3.05) is 0 Å². The highest BCUT2D eigenvalue weighted by Gasteiger charge is 2.21. The van der Waals surface area contributed by atoms with Crippen molar-refractivity contribution in [2.45, 2.75) is 26.2 Å². The molecule has 1 aromatic heterocycles. The maximum absolute atomic E-state index is 4.86. The number of aromatic nitrogens is 2. The van der Waals surface area contributed by atoms with Crippen LogP contribution < -0.4 is 21.9 Å². The Labute approximate surface area is 249 Å².